The zero-order chi connectivity index (χ0) is 14.4. The fraction of sp³-hybridized carbons (Fsp3) is 0.333. The van der Waals surface area contributed by atoms with Crippen molar-refractivity contribution in [3.05, 3.63) is 59.7 Å². The van der Waals surface area contributed by atoms with E-state index < -0.39 is 0 Å². The van der Waals surface area contributed by atoms with Gasteiger partial charge in [-0.2, -0.15) is 0 Å². The largest absolute Gasteiger partial charge is 0.489 e. The standard InChI is InChI=1S/C16H17NO.C2H6/c1-17-11-10-14-15(17)8-5-9-16(14)18-12-13-6-3-2-4-7-13;1-2/h2-9H,10-12H2,1H3;1-2H3. The van der Waals surface area contributed by atoms with Crippen LogP contribution < -0.4 is 9.64 Å². The van der Waals surface area contributed by atoms with E-state index in [4.69, 9.17) is 4.74 Å². The predicted octanol–water partition coefficient (Wildman–Crippen LogP) is 4.28. The summed E-state index contributed by atoms with van der Waals surface area (Å²) in [5, 5.41) is 0. The number of nitrogens with zero attached hydrogens (tertiary/aromatic N) is 1. The van der Waals surface area contributed by atoms with Crippen LogP contribution >= 0.6 is 0 Å². The molecule has 1 heterocycles. The highest BCUT2D eigenvalue weighted by Gasteiger charge is 2.19. The Hall–Kier alpha value is -1.96. The zero-order valence-electron chi connectivity index (χ0n) is 12.6. The molecule has 0 fully saturated rings. The van der Waals surface area contributed by atoms with Gasteiger partial charge in [0.15, 0.2) is 0 Å². The van der Waals surface area contributed by atoms with Crippen molar-refractivity contribution in [2.45, 2.75) is 26.9 Å². The maximum absolute atomic E-state index is 5.96. The third kappa shape index (κ3) is 3.13. The molecule has 1 aliphatic heterocycles. The summed E-state index contributed by atoms with van der Waals surface area (Å²) in [5.74, 6) is 1.03. The lowest BCUT2D eigenvalue weighted by Gasteiger charge is -2.13. The molecule has 0 spiro atoms. The topological polar surface area (TPSA) is 12.5 Å². The molecule has 0 saturated heterocycles. The molecule has 2 aromatic carbocycles. The smallest absolute Gasteiger partial charge is 0.125 e. The van der Waals surface area contributed by atoms with Crippen molar-refractivity contribution < 1.29 is 4.74 Å². The van der Waals surface area contributed by atoms with Crippen LogP contribution in [0.15, 0.2) is 48.5 Å². The molecule has 0 radical (unpaired) electrons. The normalized spacial score (nSPS) is 12.4. The van der Waals surface area contributed by atoms with Crippen molar-refractivity contribution in [1.82, 2.24) is 0 Å². The summed E-state index contributed by atoms with van der Waals surface area (Å²) in [5.41, 5.74) is 3.86. The molecule has 0 bridgehead atoms. The fourth-order valence-corrected chi connectivity index (χ4v) is 2.43. The van der Waals surface area contributed by atoms with Crippen LogP contribution in [-0.2, 0) is 13.0 Å². The van der Waals surface area contributed by atoms with Crippen molar-refractivity contribution in [1.29, 1.82) is 0 Å². The Labute approximate surface area is 122 Å². The van der Waals surface area contributed by atoms with Gasteiger partial charge in [-0.3, -0.25) is 0 Å². The van der Waals surface area contributed by atoms with Gasteiger partial charge in [0.2, 0.25) is 0 Å². The van der Waals surface area contributed by atoms with E-state index in [9.17, 15) is 0 Å². The van der Waals surface area contributed by atoms with Gasteiger partial charge in [-0.15, -0.1) is 0 Å². The number of likely N-dealkylation sites (N-methyl/N-ethyl adjacent to an activating group) is 1. The second kappa shape index (κ2) is 6.99. The monoisotopic (exact) mass is 269 g/mol. The Bertz CT molecular complexity index is 536. The Balaban J connectivity index is 0.000000704. The number of ether oxygens (including phenoxy) is 1. The second-order valence-corrected chi connectivity index (χ2v) is 4.70. The molecule has 2 aromatic rings. The van der Waals surface area contributed by atoms with Crippen molar-refractivity contribution >= 4 is 5.69 Å². The molecular weight excluding hydrogens is 246 g/mol. The summed E-state index contributed by atoms with van der Waals surface area (Å²) >= 11 is 0. The lowest BCUT2D eigenvalue weighted by atomic mass is 10.1. The first kappa shape index (κ1) is 14.4. The van der Waals surface area contributed by atoms with Crippen molar-refractivity contribution in [3.8, 4) is 5.75 Å². The minimum absolute atomic E-state index is 0.640. The number of anilines is 1. The van der Waals surface area contributed by atoms with Crippen LogP contribution in [0.3, 0.4) is 0 Å². The Morgan fingerprint density at radius 3 is 2.50 bits per heavy atom. The summed E-state index contributed by atoms with van der Waals surface area (Å²) in [6, 6.07) is 16.6. The quantitative estimate of drug-likeness (QED) is 0.824. The number of hydrogen-bond acceptors (Lipinski definition) is 2. The molecule has 0 aromatic heterocycles. The van der Waals surface area contributed by atoms with E-state index >= 15 is 0 Å². The number of fused-ring (bicyclic) bond motifs is 1. The SMILES string of the molecule is CC.CN1CCc2c(OCc3ccccc3)cccc21. The maximum Gasteiger partial charge on any atom is 0.125 e. The fourth-order valence-electron chi connectivity index (χ4n) is 2.43. The van der Waals surface area contributed by atoms with Gasteiger partial charge in [0.25, 0.3) is 0 Å². The lowest BCUT2D eigenvalue weighted by Crippen LogP contribution is -2.12. The zero-order valence-corrected chi connectivity index (χ0v) is 12.6. The summed E-state index contributed by atoms with van der Waals surface area (Å²) in [7, 11) is 2.13. The first-order valence-electron chi connectivity index (χ1n) is 7.34. The minimum Gasteiger partial charge on any atom is -0.489 e. The van der Waals surface area contributed by atoms with Crippen LogP contribution in [0.2, 0.25) is 0 Å². The van der Waals surface area contributed by atoms with Gasteiger partial charge in [0.1, 0.15) is 12.4 Å². The molecule has 2 heteroatoms. The Kier molecular flexibility index (Phi) is 5.05. The number of benzene rings is 2. The molecule has 0 unspecified atom stereocenters. The Morgan fingerprint density at radius 2 is 1.75 bits per heavy atom. The first-order valence-corrected chi connectivity index (χ1v) is 7.34. The summed E-state index contributed by atoms with van der Waals surface area (Å²) in [4.78, 5) is 2.28. The lowest BCUT2D eigenvalue weighted by molar-refractivity contribution is 0.304. The van der Waals surface area contributed by atoms with Crippen LogP contribution in [-0.4, -0.2) is 13.6 Å². The molecule has 0 N–H and O–H groups in total. The maximum atomic E-state index is 5.96. The average Bonchev–Trinajstić information content (AvgIpc) is 2.90. The van der Waals surface area contributed by atoms with E-state index in [1.165, 1.54) is 16.8 Å². The molecule has 20 heavy (non-hydrogen) atoms. The highest BCUT2D eigenvalue weighted by Crippen LogP contribution is 2.34. The van der Waals surface area contributed by atoms with Gasteiger partial charge < -0.3 is 9.64 Å². The summed E-state index contributed by atoms with van der Waals surface area (Å²) < 4.78 is 5.96. The van der Waals surface area contributed by atoms with E-state index in [0.29, 0.717) is 6.61 Å². The van der Waals surface area contributed by atoms with Crippen LogP contribution in [0.25, 0.3) is 0 Å². The highest BCUT2D eigenvalue weighted by molar-refractivity contribution is 5.62. The average molecular weight is 269 g/mol. The van der Waals surface area contributed by atoms with Gasteiger partial charge in [0, 0.05) is 24.8 Å². The summed E-state index contributed by atoms with van der Waals surface area (Å²) in [6.07, 6.45) is 1.08. The molecule has 3 rings (SSSR count). The van der Waals surface area contributed by atoms with Gasteiger partial charge >= 0.3 is 0 Å². The number of rotatable bonds is 3. The second-order valence-electron chi connectivity index (χ2n) is 4.70. The molecular formula is C18H23NO. The van der Waals surface area contributed by atoms with Crippen molar-refractivity contribution in [3.63, 3.8) is 0 Å². The highest BCUT2D eigenvalue weighted by atomic mass is 16.5. The van der Waals surface area contributed by atoms with Crippen LogP contribution in [0.4, 0.5) is 5.69 Å². The molecule has 2 nitrogen and oxygen atoms in total. The molecule has 1 aliphatic rings. The van der Waals surface area contributed by atoms with Crippen molar-refractivity contribution in [2.24, 2.45) is 0 Å². The minimum atomic E-state index is 0.640. The molecule has 0 saturated carbocycles. The van der Waals surface area contributed by atoms with Crippen LogP contribution in [0.5, 0.6) is 5.75 Å². The molecule has 0 aliphatic carbocycles. The van der Waals surface area contributed by atoms with Crippen LogP contribution in [0, 0.1) is 0 Å². The van der Waals surface area contributed by atoms with E-state index in [1.807, 2.05) is 32.0 Å². The first-order chi connectivity index (χ1) is 9.84. The van der Waals surface area contributed by atoms with E-state index in [2.05, 4.69) is 42.3 Å². The van der Waals surface area contributed by atoms with Gasteiger partial charge in [-0.05, 0) is 24.1 Å². The van der Waals surface area contributed by atoms with E-state index in [0.717, 1.165) is 18.7 Å². The van der Waals surface area contributed by atoms with Gasteiger partial charge in [-0.25, -0.2) is 0 Å². The molecule has 0 atom stereocenters. The number of hydrogen-bond donors (Lipinski definition) is 0. The van der Waals surface area contributed by atoms with E-state index in [-0.39, 0.29) is 0 Å². The molecule has 106 valence electrons. The molecule has 0 amide bonds. The van der Waals surface area contributed by atoms with Crippen molar-refractivity contribution in [2.75, 3.05) is 18.5 Å². The van der Waals surface area contributed by atoms with Gasteiger partial charge in [0.05, 0.1) is 0 Å². The van der Waals surface area contributed by atoms with Crippen LogP contribution in [0.1, 0.15) is 25.0 Å². The third-order valence-corrected chi connectivity index (χ3v) is 3.45. The summed E-state index contributed by atoms with van der Waals surface area (Å²) in [6.45, 7) is 5.72. The Morgan fingerprint density at radius 1 is 1.00 bits per heavy atom. The van der Waals surface area contributed by atoms with Gasteiger partial charge in [-0.1, -0.05) is 50.2 Å². The predicted molar refractivity (Wildman–Crippen MR) is 85.5 cm³/mol. The van der Waals surface area contributed by atoms with E-state index in [1.54, 1.807) is 0 Å². The third-order valence-electron chi connectivity index (χ3n) is 3.45.